The van der Waals surface area contributed by atoms with Crippen molar-refractivity contribution in [1.82, 2.24) is 14.8 Å². The molecule has 13 heavy (non-hydrogen) atoms. The molecule has 6 nitrogen and oxygen atoms in total. The van der Waals surface area contributed by atoms with E-state index in [1.54, 1.807) is 0 Å². The second-order valence-corrected chi connectivity index (χ2v) is 4.99. The lowest BCUT2D eigenvalue weighted by Gasteiger charge is -2.02. The summed E-state index contributed by atoms with van der Waals surface area (Å²) >= 11 is 0. The maximum Gasteiger partial charge on any atom is 0.149 e. The van der Waals surface area contributed by atoms with Crippen molar-refractivity contribution in [3.63, 3.8) is 0 Å². The number of rotatable bonds is 4. The van der Waals surface area contributed by atoms with Crippen LogP contribution < -0.4 is 5.73 Å². The smallest absolute Gasteiger partial charge is 0.149 e. The molecule has 0 saturated carbocycles. The van der Waals surface area contributed by atoms with Gasteiger partial charge in [-0.2, -0.15) is 5.10 Å². The fourth-order valence-corrected chi connectivity index (χ4v) is 1.39. The number of sulfone groups is 1. The van der Waals surface area contributed by atoms with Gasteiger partial charge < -0.3 is 5.73 Å². The molecule has 0 unspecified atom stereocenters. The minimum Gasteiger partial charge on any atom is -0.324 e. The van der Waals surface area contributed by atoms with Crippen molar-refractivity contribution in [1.29, 1.82) is 0 Å². The molecule has 7 heteroatoms. The van der Waals surface area contributed by atoms with Crippen LogP contribution in [-0.2, 0) is 22.9 Å². The first-order valence-corrected chi connectivity index (χ1v) is 5.83. The highest BCUT2D eigenvalue weighted by Crippen LogP contribution is 1.93. The van der Waals surface area contributed by atoms with Crippen LogP contribution in [0.3, 0.4) is 0 Å². The first-order chi connectivity index (χ1) is 6.03. The molecule has 1 aromatic rings. The second-order valence-electron chi connectivity index (χ2n) is 2.73. The Hall–Kier alpha value is -0.950. The Morgan fingerprint density at radius 1 is 1.62 bits per heavy atom. The van der Waals surface area contributed by atoms with Gasteiger partial charge >= 0.3 is 0 Å². The standard InChI is InChI=1S/C6H12N4O2S/c1-13(11,12)3-2-10-6(4-7)8-5-9-10/h5H,2-4,7H2,1H3. The van der Waals surface area contributed by atoms with Crippen LogP contribution in [0.25, 0.3) is 0 Å². The maximum absolute atomic E-state index is 10.8. The first-order valence-electron chi connectivity index (χ1n) is 3.77. The molecule has 2 N–H and O–H groups in total. The van der Waals surface area contributed by atoms with E-state index in [9.17, 15) is 8.42 Å². The quantitative estimate of drug-likeness (QED) is 0.664. The van der Waals surface area contributed by atoms with Crippen molar-refractivity contribution in [2.24, 2.45) is 5.73 Å². The molecule has 0 aliphatic heterocycles. The van der Waals surface area contributed by atoms with Crippen LogP contribution in [-0.4, -0.2) is 35.2 Å². The predicted octanol–water partition coefficient (Wildman–Crippen LogP) is -1.22. The third-order valence-corrected chi connectivity index (χ3v) is 2.48. The van der Waals surface area contributed by atoms with Crippen LogP contribution in [0.2, 0.25) is 0 Å². The maximum atomic E-state index is 10.8. The monoisotopic (exact) mass is 204 g/mol. The molecule has 0 fully saturated rings. The molecule has 1 aromatic heterocycles. The summed E-state index contributed by atoms with van der Waals surface area (Å²) < 4.78 is 23.2. The molecule has 0 spiro atoms. The van der Waals surface area contributed by atoms with Gasteiger partial charge in [0.05, 0.1) is 18.8 Å². The predicted molar refractivity (Wildman–Crippen MR) is 47.6 cm³/mol. The van der Waals surface area contributed by atoms with Gasteiger partial charge in [0, 0.05) is 6.26 Å². The highest BCUT2D eigenvalue weighted by molar-refractivity contribution is 7.90. The number of nitrogens with two attached hydrogens (primary N) is 1. The third-order valence-electron chi connectivity index (χ3n) is 1.55. The lowest BCUT2D eigenvalue weighted by Crippen LogP contribution is -2.16. The lowest BCUT2D eigenvalue weighted by atomic mass is 10.6. The minimum atomic E-state index is -2.95. The molecular weight excluding hydrogens is 192 g/mol. The van der Waals surface area contributed by atoms with Gasteiger partial charge in [-0.1, -0.05) is 0 Å². The summed E-state index contributed by atoms with van der Waals surface area (Å²) in [4.78, 5) is 3.87. The van der Waals surface area contributed by atoms with E-state index in [0.29, 0.717) is 12.4 Å². The zero-order chi connectivity index (χ0) is 9.90. The van der Waals surface area contributed by atoms with E-state index in [2.05, 4.69) is 10.1 Å². The van der Waals surface area contributed by atoms with Crippen molar-refractivity contribution in [3.05, 3.63) is 12.2 Å². The molecular formula is C6H12N4O2S. The van der Waals surface area contributed by atoms with Crippen molar-refractivity contribution < 1.29 is 8.42 Å². The molecule has 0 aromatic carbocycles. The van der Waals surface area contributed by atoms with Gasteiger partial charge in [0.2, 0.25) is 0 Å². The molecule has 0 atom stereocenters. The summed E-state index contributed by atoms with van der Waals surface area (Å²) in [6, 6.07) is 0. The SMILES string of the molecule is CS(=O)(=O)CCn1ncnc1CN. The highest BCUT2D eigenvalue weighted by atomic mass is 32.2. The Morgan fingerprint density at radius 3 is 2.85 bits per heavy atom. The van der Waals surface area contributed by atoms with E-state index >= 15 is 0 Å². The van der Waals surface area contributed by atoms with Gasteiger partial charge in [0.1, 0.15) is 22.0 Å². The van der Waals surface area contributed by atoms with Crippen LogP contribution in [0.5, 0.6) is 0 Å². The number of nitrogens with zero attached hydrogens (tertiary/aromatic N) is 3. The molecule has 74 valence electrons. The van der Waals surface area contributed by atoms with E-state index in [-0.39, 0.29) is 12.3 Å². The summed E-state index contributed by atoms with van der Waals surface area (Å²) in [6.07, 6.45) is 2.55. The third kappa shape index (κ3) is 3.11. The highest BCUT2D eigenvalue weighted by Gasteiger charge is 2.06. The van der Waals surface area contributed by atoms with Crippen LogP contribution in [0.15, 0.2) is 6.33 Å². The Bertz CT molecular complexity index is 370. The van der Waals surface area contributed by atoms with Crippen LogP contribution in [0.1, 0.15) is 5.82 Å². The number of aromatic nitrogens is 3. The van der Waals surface area contributed by atoms with E-state index < -0.39 is 9.84 Å². The van der Waals surface area contributed by atoms with E-state index in [1.165, 1.54) is 17.3 Å². The minimum absolute atomic E-state index is 0.0589. The molecule has 0 saturated heterocycles. The summed E-state index contributed by atoms with van der Waals surface area (Å²) in [7, 11) is -2.95. The number of hydrogen-bond donors (Lipinski definition) is 1. The molecule has 0 amide bonds. The Kier molecular flexibility index (Phi) is 2.99. The molecule has 0 aliphatic rings. The topological polar surface area (TPSA) is 90.9 Å². The van der Waals surface area contributed by atoms with Gasteiger partial charge in [0.15, 0.2) is 0 Å². The van der Waals surface area contributed by atoms with Crippen molar-refractivity contribution in [2.75, 3.05) is 12.0 Å². The lowest BCUT2D eigenvalue weighted by molar-refractivity contribution is 0.576. The average Bonchev–Trinajstić information content (AvgIpc) is 2.46. The van der Waals surface area contributed by atoms with Crippen LogP contribution in [0, 0.1) is 0 Å². The molecule has 0 radical (unpaired) electrons. The second kappa shape index (κ2) is 3.84. The molecule has 0 aliphatic carbocycles. The average molecular weight is 204 g/mol. The Labute approximate surface area is 76.7 Å². The van der Waals surface area contributed by atoms with Crippen molar-refractivity contribution in [3.8, 4) is 0 Å². The molecule has 1 rings (SSSR count). The largest absolute Gasteiger partial charge is 0.324 e. The summed E-state index contributed by atoms with van der Waals surface area (Å²) in [6.45, 7) is 0.579. The normalized spacial score (nSPS) is 11.8. The van der Waals surface area contributed by atoms with Crippen LogP contribution >= 0.6 is 0 Å². The van der Waals surface area contributed by atoms with Gasteiger partial charge in [-0.05, 0) is 0 Å². The van der Waals surface area contributed by atoms with Gasteiger partial charge in [-0.15, -0.1) is 0 Å². The van der Waals surface area contributed by atoms with E-state index in [4.69, 9.17) is 5.73 Å². The number of hydrogen-bond acceptors (Lipinski definition) is 5. The van der Waals surface area contributed by atoms with Crippen molar-refractivity contribution in [2.45, 2.75) is 13.1 Å². The van der Waals surface area contributed by atoms with Gasteiger partial charge in [-0.3, -0.25) is 0 Å². The van der Waals surface area contributed by atoms with E-state index in [1.807, 2.05) is 0 Å². The molecule has 1 heterocycles. The zero-order valence-electron chi connectivity index (χ0n) is 7.34. The van der Waals surface area contributed by atoms with Crippen LogP contribution in [0.4, 0.5) is 0 Å². The summed E-state index contributed by atoms with van der Waals surface area (Å²) in [5.74, 6) is 0.659. The zero-order valence-corrected chi connectivity index (χ0v) is 8.16. The first kappa shape index (κ1) is 10.1. The fraction of sp³-hybridized carbons (Fsp3) is 0.667. The Morgan fingerprint density at radius 2 is 2.31 bits per heavy atom. The van der Waals surface area contributed by atoms with Gasteiger partial charge in [0.25, 0.3) is 0 Å². The fourth-order valence-electron chi connectivity index (χ4n) is 0.885. The van der Waals surface area contributed by atoms with Gasteiger partial charge in [-0.25, -0.2) is 18.1 Å². The van der Waals surface area contributed by atoms with Crippen molar-refractivity contribution >= 4 is 9.84 Å². The number of aryl methyl sites for hydroxylation is 1. The summed E-state index contributed by atoms with van der Waals surface area (Å²) in [5.41, 5.74) is 5.36. The Balaban J connectivity index is 2.64. The molecule has 0 bridgehead atoms. The summed E-state index contributed by atoms with van der Waals surface area (Å²) in [5, 5.41) is 3.85. The van der Waals surface area contributed by atoms with E-state index in [0.717, 1.165) is 0 Å².